The minimum Gasteiger partial charge on any atom is -0.460 e. The van der Waals surface area contributed by atoms with Crippen LogP contribution in [0.25, 0.3) is 0 Å². The number of ether oxygens (including phenoxy) is 1. The van der Waals surface area contributed by atoms with Crippen molar-refractivity contribution < 1.29 is 19.2 Å². The number of hydrogen-bond acceptors (Lipinski definition) is 5. The molecule has 0 fully saturated rings. The Morgan fingerprint density at radius 3 is 2.47 bits per heavy atom. The van der Waals surface area contributed by atoms with Crippen molar-refractivity contribution in [3.63, 3.8) is 0 Å². The normalized spacial score (nSPS) is 10.3. The first-order valence-corrected chi connectivity index (χ1v) is 5.88. The summed E-state index contributed by atoms with van der Waals surface area (Å²) in [5.41, 5.74) is 0.324. The van der Waals surface area contributed by atoms with E-state index >= 15 is 0 Å². The highest BCUT2D eigenvalue weighted by Gasteiger charge is 2.23. The van der Waals surface area contributed by atoms with E-state index in [0.29, 0.717) is 5.56 Å². The maximum atomic E-state index is 11.7. The summed E-state index contributed by atoms with van der Waals surface area (Å²) in [5, 5.41) is 11.0. The molecule has 0 spiro atoms. The van der Waals surface area contributed by atoms with Gasteiger partial charge in [0, 0.05) is 17.2 Å². The molecule has 0 saturated heterocycles. The first kappa shape index (κ1) is 14.8. The molecule has 1 rings (SSSR count). The van der Waals surface area contributed by atoms with Gasteiger partial charge in [-0.3, -0.25) is 14.9 Å². The van der Waals surface area contributed by atoms with E-state index in [0.717, 1.165) is 6.07 Å². The van der Waals surface area contributed by atoms with Gasteiger partial charge in [-0.15, -0.1) is 0 Å². The van der Waals surface area contributed by atoms with Crippen molar-refractivity contribution in [2.45, 2.75) is 26.7 Å². The van der Waals surface area contributed by atoms with E-state index in [9.17, 15) is 19.7 Å². The zero-order valence-electron chi connectivity index (χ0n) is 11.0. The molecule has 0 bridgehead atoms. The van der Waals surface area contributed by atoms with E-state index in [2.05, 4.69) is 4.74 Å². The number of benzene rings is 1. The lowest BCUT2D eigenvalue weighted by Crippen LogP contribution is -2.17. The summed E-state index contributed by atoms with van der Waals surface area (Å²) in [6, 6.07) is 4.02. The third kappa shape index (κ3) is 3.37. The zero-order valence-corrected chi connectivity index (χ0v) is 11.0. The molecule has 0 unspecified atom stereocenters. The summed E-state index contributed by atoms with van der Waals surface area (Å²) < 4.78 is 4.58. The summed E-state index contributed by atoms with van der Waals surface area (Å²) in [6.45, 7) is 5.29. The third-order valence-electron chi connectivity index (χ3n) is 2.57. The highest BCUT2D eigenvalue weighted by Crippen LogP contribution is 2.27. The van der Waals surface area contributed by atoms with Crippen LogP contribution in [0, 0.1) is 10.1 Å². The van der Waals surface area contributed by atoms with E-state index < -0.39 is 16.7 Å². The van der Waals surface area contributed by atoms with Crippen molar-refractivity contribution >= 4 is 17.4 Å². The fraction of sp³-hybridized carbons (Fsp3) is 0.385. The fourth-order valence-corrected chi connectivity index (χ4v) is 1.65. The molecule has 0 aliphatic heterocycles. The monoisotopic (exact) mass is 265 g/mol. The number of nitrogens with zero attached hydrogens (tertiary/aromatic N) is 1. The summed E-state index contributed by atoms with van der Waals surface area (Å²) >= 11 is 0. The zero-order chi connectivity index (χ0) is 14.6. The smallest absolute Gasteiger partial charge is 0.379 e. The molecule has 19 heavy (non-hydrogen) atoms. The second-order valence-corrected chi connectivity index (χ2v) is 4.23. The summed E-state index contributed by atoms with van der Waals surface area (Å²) in [6.07, 6.45) is 0. The lowest BCUT2D eigenvalue weighted by molar-refractivity contribution is -0.385. The molecule has 0 heterocycles. The molecule has 0 saturated carbocycles. The quantitative estimate of drug-likeness (QED) is 0.268. The van der Waals surface area contributed by atoms with E-state index in [1.165, 1.54) is 12.1 Å². The Balaban J connectivity index is 3.19. The van der Waals surface area contributed by atoms with Gasteiger partial charge < -0.3 is 4.74 Å². The minimum absolute atomic E-state index is 0.0328. The lowest BCUT2D eigenvalue weighted by atomic mass is 9.98. The van der Waals surface area contributed by atoms with E-state index in [1.54, 1.807) is 6.92 Å². The Kier molecular flexibility index (Phi) is 4.74. The SMILES string of the molecule is CCOC(=O)C(=O)c1ccc(C(C)C)c([N+](=O)[O-])c1. The minimum atomic E-state index is -1.01. The Morgan fingerprint density at radius 1 is 1.37 bits per heavy atom. The van der Waals surface area contributed by atoms with Gasteiger partial charge in [0.25, 0.3) is 11.5 Å². The third-order valence-corrected chi connectivity index (χ3v) is 2.57. The Hall–Kier alpha value is -2.24. The van der Waals surface area contributed by atoms with Gasteiger partial charge in [0.2, 0.25) is 0 Å². The highest BCUT2D eigenvalue weighted by molar-refractivity contribution is 6.40. The molecular weight excluding hydrogens is 250 g/mol. The van der Waals surface area contributed by atoms with E-state index in [1.807, 2.05) is 13.8 Å². The maximum Gasteiger partial charge on any atom is 0.379 e. The molecule has 0 aliphatic rings. The summed E-state index contributed by atoms with van der Waals surface area (Å²) in [7, 11) is 0. The first-order chi connectivity index (χ1) is 8.88. The first-order valence-electron chi connectivity index (χ1n) is 5.88. The molecule has 6 nitrogen and oxygen atoms in total. The molecule has 0 aromatic heterocycles. The molecule has 6 heteroatoms. The number of carbonyl (C=O) groups excluding carboxylic acids is 2. The van der Waals surface area contributed by atoms with Crippen molar-refractivity contribution in [1.82, 2.24) is 0 Å². The number of rotatable bonds is 5. The topological polar surface area (TPSA) is 86.5 Å². The van der Waals surface area contributed by atoms with Gasteiger partial charge >= 0.3 is 5.97 Å². The predicted molar refractivity (Wildman–Crippen MR) is 68.1 cm³/mol. The average molecular weight is 265 g/mol. The number of esters is 1. The number of Topliss-reactive ketones (excluding diaryl/α,β-unsaturated/α-hetero) is 1. The van der Waals surface area contributed by atoms with Crippen LogP contribution in [-0.2, 0) is 9.53 Å². The van der Waals surface area contributed by atoms with E-state index in [4.69, 9.17) is 0 Å². The number of nitro benzene ring substituents is 1. The molecular formula is C13H15NO5. The van der Waals surface area contributed by atoms with Crippen LogP contribution in [0.5, 0.6) is 0 Å². The highest BCUT2D eigenvalue weighted by atomic mass is 16.6. The standard InChI is InChI=1S/C13H15NO5/c1-4-19-13(16)12(15)9-5-6-10(8(2)3)11(7-9)14(17)18/h5-8H,4H2,1-3H3. The second-order valence-electron chi connectivity index (χ2n) is 4.23. The van der Waals surface area contributed by atoms with Gasteiger partial charge in [-0.2, -0.15) is 0 Å². The molecule has 102 valence electrons. The predicted octanol–water partition coefficient (Wildman–Crippen LogP) is 2.46. The van der Waals surface area contributed by atoms with Crippen molar-refractivity contribution in [3.05, 3.63) is 39.4 Å². The van der Waals surface area contributed by atoms with Gasteiger partial charge in [0.15, 0.2) is 0 Å². The Bertz CT molecular complexity index is 522. The number of nitro groups is 1. The van der Waals surface area contributed by atoms with Gasteiger partial charge in [-0.05, 0) is 18.9 Å². The van der Waals surface area contributed by atoms with Gasteiger partial charge in [-0.25, -0.2) is 4.79 Å². The molecule has 1 aromatic rings. The van der Waals surface area contributed by atoms with Crippen LogP contribution < -0.4 is 0 Å². The average Bonchev–Trinajstić information content (AvgIpc) is 2.37. The number of carbonyl (C=O) groups is 2. The maximum absolute atomic E-state index is 11.7. The van der Waals surface area contributed by atoms with E-state index in [-0.39, 0.29) is 23.8 Å². The van der Waals surface area contributed by atoms with Crippen molar-refractivity contribution in [1.29, 1.82) is 0 Å². The molecule has 0 radical (unpaired) electrons. The van der Waals surface area contributed by atoms with Crippen LogP contribution in [0.1, 0.15) is 42.6 Å². The van der Waals surface area contributed by atoms with Crippen LogP contribution in [0.15, 0.2) is 18.2 Å². The molecule has 0 atom stereocenters. The molecule has 1 aromatic carbocycles. The van der Waals surface area contributed by atoms with Crippen molar-refractivity contribution in [2.24, 2.45) is 0 Å². The Labute approximate surface area is 110 Å². The second kappa shape index (κ2) is 6.08. The molecule has 0 amide bonds. The number of ketones is 1. The molecule has 0 N–H and O–H groups in total. The number of hydrogen-bond donors (Lipinski definition) is 0. The lowest BCUT2D eigenvalue weighted by Gasteiger charge is -2.07. The summed E-state index contributed by atoms with van der Waals surface area (Å²) in [5.74, 6) is -1.93. The van der Waals surface area contributed by atoms with Crippen molar-refractivity contribution in [3.8, 4) is 0 Å². The van der Waals surface area contributed by atoms with Crippen LogP contribution in [0.4, 0.5) is 5.69 Å². The largest absolute Gasteiger partial charge is 0.460 e. The van der Waals surface area contributed by atoms with Crippen LogP contribution in [-0.4, -0.2) is 23.3 Å². The summed E-state index contributed by atoms with van der Waals surface area (Å²) in [4.78, 5) is 33.4. The van der Waals surface area contributed by atoms with Gasteiger partial charge in [0.1, 0.15) is 0 Å². The van der Waals surface area contributed by atoms with Crippen LogP contribution in [0.2, 0.25) is 0 Å². The Morgan fingerprint density at radius 2 is 2.00 bits per heavy atom. The van der Waals surface area contributed by atoms with Gasteiger partial charge in [-0.1, -0.05) is 19.9 Å². The van der Waals surface area contributed by atoms with Crippen LogP contribution in [0.3, 0.4) is 0 Å². The van der Waals surface area contributed by atoms with Crippen LogP contribution >= 0.6 is 0 Å². The fourth-order valence-electron chi connectivity index (χ4n) is 1.65. The van der Waals surface area contributed by atoms with Gasteiger partial charge in [0.05, 0.1) is 11.5 Å². The van der Waals surface area contributed by atoms with Crippen molar-refractivity contribution in [2.75, 3.05) is 6.61 Å². The molecule has 0 aliphatic carbocycles.